The first-order chi connectivity index (χ1) is 8.61. The van der Waals surface area contributed by atoms with Gasteiger partial charge < -0.3 is 9.80 Å². The lowest BCUT2D eigenvalue weighted by molar-refractivity contribution is 0.253. The van der Waals surface area contributed by atoms with Crippen LogP contribution in [0.2, 0.25) is 5.02 Å². The average molecular weight is 264 g/mol. The van der Waals surface area contributed by atoms with Gasteiger partial charge in [0.25, 0.3) is 0 Å². The summed E-state index contributed by atoms with van der Waals surface area (Å²) in [7, 11) is 4.24. The predicted octanol–water partition coefficient (Wildman–Crippen LogP) is 2.74. The van der Waals surface area contributed by atoms with Crippen LogP contribution in [0.3, 0.4) is 0 Å². The number of halogens is 1. The minimum atomic E-state index is 0.534. The maximum atomic E-state index is 8.84. The Morgan fingerprint density at radius 2 is 2.06 bits per heavy atom. The molecule has 2 rings (SSSR count). The minimum Gasteiger partial charge on any atom is -0.370 e. The molecule has 0 amide bonds. The average Bonchev–Trinajstić information content (AvgIpc) is 2.38. The normalized spacial score (nSPS) is 17.4. The molecule has 0 saturated carbocycles. The summed E-state index contributed by atoms with van der Waals surface area (Å²) in [5.41, 5.74) is 1.63. The first-order valence-electron chi connectivity index (χ1n) is 6.23. The number of anilines is 1. The molecule has 0 radical (unpaired) electrons. The molecule has 4 heteroatoms. The second kappa shape index (κ2) is 5.60. The van der Waals surface area contributed by atoms with Crippen LogP contribution in [0.25, 0.3) is 0 Å². The first-order valence-corrected chi connectivity index (χ1v) is 6.60. The van der Waals surface area contributed by atoms with E-state index in [4.69, 9.17) is 16.9 Å². The van der Waals surface area contributed by atoms with Gasteiger partial charge in [0, 0.05) is 13.1 Å². The van der Waals surface area contributed by atoms with Crippen molar-refractivity contribution in [2.24, 2.45) is 0 Å². The number of piperidine rings is 1. The Labute approximate surface area is 114 Å². The molecule has 1 heterocycles. The zero-order valence-corrected chi connectivity index (χ0v) is 11.6. The maximum absolute atomic E-state index is 8.84. The molecular weight excluding hydrogens is 246 g/mol. The Hall–Kier alpha value is -1.24. The minimum absolute atomic E-state index is 0.534. The number of benzene rings is 1. The molecule has 96 valence electrons. The molecule has 1 fully saturated rings. The van der Waals surface area contributed by atoms with Crippen molar-refractivity contribution < 1.29 is 0 Å². The van der Waals surface area contributed by atoms with Crippen LogP contribution in [0.5, 0.6) is 0 Å². The molecule has 0 N–H and O–H groups in total. The van der Waals surface area contributed by atoms with Crippen molar-refractivity contribution in [3.63, 3.8) is 0 Å². The van der Waals surface area contributed by atoms with Crippen LogP contribution in [0.1, 0.15) is 18.4 Å². The van der Waals surface area contributed by atoms with Gasteiger partial charge in [-0.2, -0.15) is 5.26 Å². The van der Waals surface area contributed by atoms with Gasteiger partial charge in [0.2, 0.25) is 0 Å². The topological polar surface area (TPSA) is 30.3 Å². The first kappa shape index (κ1) is 13.2. The molecule has 1 aromatic rings. The fraction of sp³-hybridized carbons (Fsp3) is 0.500. The number of hydrogen-bond acceptors (Lipinski definition) is 3. The van der Waals surface area contributed by atoms with E-state index in [2.05, 4.69) is 30.0 Å². The standard InChI is InChI=1S/C14H18ClN3/c1-17-7-5-12(6-8-17)18(2)14-4-3-11(10-16)9-13(14)15/h3-4,9,12H,5-8H2,1-2H3. The highest BCUT2D eigenvalue weighted by Crippen LogP contribution is 2.29. The van der Waals surface area contributed by atoms with Gasteiger partial charge in [-0.25, -0.2) is 0 Å². The Morgan fingerprint density at radius 1 is 1.39 bits per heavy atom. The lowest BCUT2D eigenvalue weighted by Crippen LogP contribution is -2.42. The van der Waals surface area contributed by atoms with Crippen molar-refractivity contribution in [1.82, 2.24) is 4.90 Å². The monoisotopic (exact) mass is 263 g/mol. The van der Waals surface area contributed by atoms with Crippen molar-refractivity contribution in [3.05, 3.63) is 28.8 Å². The SMILES string of the molecule is CN1CCC(N(C)c2ccc(C#N)cc2Cl)CC1. The number of hydrogen-bond donors (Lipinski definition) is 0. The van der Waals surface area contributed by atoms with Gasteiger partial charge in [-0.15, -0.1) is 0 Å². The molecule has 0 unspecified atom stereocenters. The molecule has 0 bridgehead atoms. The number of nitrogens with zero attached hydrogens (tertiary/aromatic N) is 3. The van der Waals surface area contributed by atoms with Gasteiger partial charge in [-0.3, -0.25) is 0 Å². The highest BCUT2D eigenvalue weighted by molar-refractivity contribution is 6.33. The highest BCUT2D eigenvalue weighted by atomic mass is 35.5. The molecule has 1 aliphatic rings. The van der Waals surface area contributed by atoms with Gasteiger partial charge in [0.15, 0.2) is 0 Å². The Kier molecular flexibility index (Phi) is 4.11. The summed E-state index contributed by atoms with van der Waals surface area (Å²) in [5, 5.41) is 9.50. The summed E-state index contributed by atoms with van der Waals surface area (Å²) in [5.74, 6) is 0. The van der Waals surface area contributed by atoms with Crippen molar-refractivity contribution in [3.8, 4) is 6.07 Å². The fourth-order valence-electron chi connectivity index (χ4n) is 2.44. The van der Waals surface area contributed by atoms with Gasteiger partial charge in [-0.1, -0.05) is 11.6 Å². The summed E-state index contributed by atoms with van der Waals surface area (Å²) >= 11 is 6.25. The van der Waals surface area contributed by atoms with Crippen LogP contribution >= 0.6 is 11.6 Å². The largest absolute Gasteiger partial charge is 0.370 e. The Morgan fingerprint density at radius 3 is 2.61 bits per heavy atom. The fourth-order valence-corrected chi connectivity index (χ4v) is 2.76. The highest BCUT2D eigenvalue weighted by Gasteiger charge is 2.22. The lowest BCUT2D eigenvalue weighted by atomic mass is 10.0. The van der Waals surface area contributed by atoms with Gasteiger partial charge in [0.1, 0.15) is 0 Å². The van der Waals surface area contributed by atoms with Crippen LogP contribution in [0.15, 0.2) is 18.2 Å². The molecule has 1 aliphatic heterocycles. The molecule has 0 atom stereocenters. The number of likely N-dealkylation sites (tertiary alicyclic amines) is 1. The summed E-state index contributed by atoms with van der Waals surface area (Å²) in [6, 6.07) is 8.15. The molecule has 18 heavy (non-hydrogen) atoms. The molecular formula is C14H18ClN3. The quantitative estimate of drug-likeness (QED) is 0.822. The summed E-state index contributed by atoms with van der Waals surface area (Å²) in [6.45, 7) is 2.26. The zero-order valence-electron chi connectivity index (χ0n) is 10.9. The molecule has 3 nitrogen and oxygen atoms in total. The van der Waals surface area contributed by atoms with E-state index in [1.165, 1.54) is 0 Å². The predicted molar refractivity (Wildman–Crippen MR) is 75.1 cm³/mol. The van der Waals surface area contributed by atoms with E-state index in [1.807, 2.05) is 12.1 Å². The lowest BCUT2D eigenvalue weighted by Gasteiger charge is -2.36. The summed E-state index contributed by atoms with van der Waals surface area (Å²) in [6.07, 6.45) is 2.31. The molecule has 1 aromatic carbocycles. The Bertz CT molecular complexity index is 459. The summed E-state index contributed by atoms with van der Waals surface area (Å²) in [4.78, 5) is 4.60. The van der Waals surface area contributed by atoms with Crippen LogP contribution in [-0.4, -0.2) is 38.1 Å². The van der Waals surface area contributed by atoms with E-state index in [0.717, 1.165) is 31.6 Å². The van der Waals surface area contributed by atoms with Crippen LogP contribution < -0.4 is 4.90 Å². The van der Waals surface area contributed by atoms with Crippen molar-refractivity contribution in [2.75, 3.05) is 32.1 Å². The van der Waals surface area contributed by atoms with Crippen molar-refractivity contribution >= 4 is 17.3 Å². The number of nitriles is 1. The third kappa shape index (κ3) is 2.77. The van der Waals surface area contributed by atoms with Gasteiger partial charge in [0.05, 0.1) is 22.3 Å². The van der Waals surface area contributed by atoms with E-state index in [1.54, 1.807) is 6.07 Å². The molecule has 0 aromatic heterocycles. The van der Waals surface area contributed by atoms with E-state index >= 15 is 0 Å². The summed E-state index contributed by atoms with van der Waals surface area (Å²) < 4.78 is 0. The Balaban J connectivity index is 2.14. The van der Waals surface area contributed by atoms with Crippen LogP contribution in [0, 0.1) is 11.3 Å². The van der Waals surface area contributed by atoms with Gasteiger partial charge >= 0.3 is 0 Å². The van der Waals surface area contributed by atoms with Crippen LogP contribution in [-0.2, 0) is 0 Å². The second-order valence-corrected chi connectivity index (χ2v) is 5.33. The van der Waals surface area contributed by atoms with Crippen LogP contribution in [0.4, 0.5) is 5.69 Å². The van der Waals surface area contributed by atoms with E-state index < -0.39 is 0 Å². The molecule has 1 saturated heterocycles. The van der Waals surface area contributed by atoms with Crippen molar-refractivity contribution in [1.29, 1.82) is 5.26 Å². The third-order valence-electron chi connectivity index (χ3n) is 3.69. The molecule has 0 spiro atoms. The van der Waals surface area contributed by atoms with E-state index in [0.29, 0.717) is 16.6 Å². The third-order valence-corrected chi connectivity index (χ3v) is 4.00. The smallest absolute Gasteiger partial charge is 0.0992 e. The second-order valence-electron chi connectivity index (χ2n) is 4.92. The van der Waals surface area contributed by atoms with Crippen molar-refractivity contribution in [2.45, 2.75) is 18.9 Å². The maximum Gasteiger partial charge on any atom is 0.0992 e. The number of rotatable bonds is 2. The van der Waals surface area contributed by atoms with E-state index in [9.17, 15) is 0 Å². The van der Waals surface area contributed by atoms with E-state index in [-0.39, 0.29) is 0 Å². The molecule has 0 aliphatic carbocycles. The van der Waals surface area contributed by atoms with Gasteiger partial charge in [-0.05, 0) is 51.2 Å². The zero-order chi connectivity index (χ0) is 13.1.